The van der Waals surface area contributed by atoms with Gasteiger partial charge in [-0.3, -0.25) is 4.79 Å². The summed E-state index contributed by atoms with van der Waals surface area (Å²) in [6.07, 6.45) is 0. The molecule has 2 aromatic carbocycles. The highest BCUT2D eigenvalue weighted by Gasteiger charge is 2.11. The van der Waals surface area contributed by atoms with Gasteiger partial charge in [0, 0.05) is 15.7 Å². The summed E-state index contributed by atoms with van der Waals surface area (Å²) in [6.45, 7) is -0.296. The molecule has 0 unspecified atom stereocenters. The summed E-state index contributed by atoms with van der Waals surface area (Å²) in [5, 5.41) is 0. The number of rotatable bonds is 4. The van der Waals surface area contributed by atoms with Crippen LogP contribution >= 0.6 is 15.9 Å². The van der Waals surface area contributed by atoms with Crippen molar-refractivity contribution in [1.82, 2.24) is 0 Å². The van der Waals surface area contributed by atoms with Crippen molar-refractivity contribution in [3.05, 3.63) is 64.1 Å². The third-order valence-electron chi connectivity index (χ3n) is 2.62. The van der Waals surface area contributed by atoms with Crippen molar-refractivity contribution < 1.29 is 14.3 Å². The fourth-order valence-corrected chi connectivity index (χ4v) is 1.86. The number of halogens is 1. The topological polar surface area (TPSA) is 69.4 Å². The number of hydrogen-bond acceptors (Lipinski definition) is 4. The molecule has 2 rings (SSSR count). The molecule has 0 aliphatic carbocycles. The molecule has 2 aromatic rings. The first-order valence-electron chi connectivity index (χ1n) is 5.87. The van der Waals surface area contributed by atoms with E-state index in [0.29, 0.717) is 16.8 Å². The van der Waals surface area contributed by atoms with Crippen LogP contribution in [0.2, 0.25) is 0 Å². The van der Waals surface area contributed by atoms with E-state index in [0.717, 1.165) is 4.47 Å². The molecule has 4 nitrogen and oxygen atoms in total. The monoisotopic (exact) mass is 333 g/mol. The number of Topliss-reactive ketones (excluding diaryl/α,β-unsaturated/α-hetero) is 1. The molecule has 102 valence electrons. The first-order chi connectivity index (χ1) is 9.56. The standard InChI is InChI=1S/C15H12BrNO3/c16-12-6-4-10(5-7-12)14(18)9-20-15(19)11-2-1-3-13(17)8-11/h1-8H,9,17H2. The molecular weight excluding hydrogens is 322 g/mol. The second kappa shape index (κ2) is 6.34. The van der Waals surface area contributed by atoms with E-state index in [2.05, 4.69) is 15.9 Å². The number of hydrogen-bond donors (Lipinski definition) is 1. The summed E-state index contributed by atoms with van der Waals surface area (Å²) < 4.78 is 5.85. The Morgan fingerprint density at radius 3 is 2.40 bits per heavy atom. The zero-order chi connectivity index (χ0) is 14.5. The number of ether oxygens (including phenoxy) is 1. The summed E-state index contributed by atoms with van der Waals surface area (Å²) in [5.41, 5.74) is 6.87. The smallest absolute Gasteiger partial charge is 0.338 e. The van der Waals surface area contributed by atoms with Crippen LogP contribution in [-0.4, -0.2) is 18.4 Å². The summed E-state index contributed by atoms with van der Waals surface area (Å²) in [7, 11) is 0. The third kappa shape index (κ3) is 3.68. The number of nitrogen functional groups attached to an aromatic ring is 1. The number of anilines is 1. The zero-order valence-corrected chi connectivity index (χ0v) is 12.1. The van der Waals surface area contributed by atoms with Crippen molar-refractivity contribution in [2.75, 3.05) is 12.3 Å². The van der Waals surface area contributed by atoms with Crippen LogP contribution in [0.1, 0.15) is 20.7 Å². The van der Waals surface area contributed by atoms with Gasteiger partial charge in [-0.15, -0.1) is 0 Å². The van der Waals surface area contributed by atoms with Gasteiger partial charge in [0.05, 0.1) is 5.56 Å². The summed E-state index contributed by atoms with van der Waals surface area (Å²) in [5.74, 6) is -0.822. The molecule has 0 atom stereocenters. The molecule has 0 saturated heterocycles. The lowest BCUT2D eigenvalue weighted by Crippen LogP contribution is -2.14. The van der Waals surface area contributed by atoms with Crippen molar-refractivity contribution >= 4 is 33.4 Å². The average molecular weight is 334 g/mol. The second-order valence-corrected chi connectivity index (χ2v) is 5.05. The van der Waals surface area contributed by atoms with Crippen LogP contribution in [0.3, 0.4) is 0 Å². The molecule has 0 bridgehead atoms. The molecule has 0 aliphatic heterocycles. The lowest BCUT2D eigenvalue weighted by atomic mass is 10.1. The highest BCUT2D eigenvalue weighted by molar-refractivity contribution is 9.10. The van der Waals surface area contributed by atoms with E-state index in [4.69, 9.17) is 10.5 Å². The number of benzene rings is 2. The number of esters is 1. The lowest BCUT2D eigenvalue weighted by Gasteiger charge is -2.05. The fraction of sp³-hybridized carbons (Fsp3) is 0.0667. The molecule has 0 heterocycles. The highest BCUT2D eigenvalue weighted by atomic mass is 79.9. The van der Waals surface area contributed by atoms with E-state index in [1.165, 1.54) is 6.07 Å². The first kappa shape index (κ1) is 14.3. The van der Waals surface area contributed by atoms with Crippen molar-refractivity contribution in [2.24, 2.45) is 0 Å². The minimum Gasteiger partial charge on any atom is -0.454 e. The van der Waals surface area contributed by atoms with Gasteiger partial charge in [0.15, 0.2) is 12.4 Å². The number of carbonyl (C=O) groups is 2. The summed E-state index contributed by atoms with van der Waals surface area (Å²) >= 11 is 3.29. The quantitative estimate of drug-likeness (QED) is 0.530. The van der Waals surface area contributed by atoms with Crippen LogP contribution in [0, 0.1) is 0 Å². The molecule has 0 spiro atoms. The van der Waals surface area contributed by atoms with Crippen LogP contribution in [0.15, 0.2) is 53.0 Å². The van der Waals surface area contributed by atoms with Crippen LogP contribution in [-0.2, 0) is 4.74 Å². The van der Waals surface area contributed by atoms with Crippen LogP contribution < -0.4 is 5.73 Å². The molecule has 20 heavy (non-hydrogen) atoms. The van der Waals surface area contributed by atoms with E-state index >= 15 is 0 Å². The fourth-order valence-electron chi connectivity index (χ4n) is 1.60. The van der Waals surface area contributed by atoms with Crippen LogP contribution in [0.5, 0.6) is 0 Å². The van der Waals surface area contributed by atoms with E-state index in [1.54, 1.807) is 42.5 Å². The van der Waals surface area contributed by atoms with Crippen molar-refractivity contribution in [3.8, 4) is 0 Å². The predicted octanol–water partition coefficient (Wildman–Crippen LogP) is 3.07. The Kier molecular flexibility index (Phi) is 4.53. The lowest BCUT2D eigenvalue weighted by molar-refractivity contribution is 0.0475. The maximum absolute atomic E-state index is 11.8. The van der Waals surface area contributed by atoms with E-state index in [9.17, 15) is 9.59 Å². The Bertz CT molecular complexity index is 638. The van der Waals surface area contributed by atoms with Gasteiger partial charge in [0.2, 0.25) is 0 Å². The Hall–Kier alpha value is -2.14. The molecule has 0 radical (unpaired) electrons. The highest BCUT2D eigenvalue weighted by Crippen LogP contribution is 2.12. The van der Waals surface area contributed by atoms with Gasteiger partial charge < -0.3 is 10.5 Å². The summed E-state index contributed by atoms with van der Waals surface area (Å²) in [4.78, 5) is 23.6. The molecule has 0 aromatic heterocycles. The Balaban J connectivity index is 1.96. The maximum atomic E-state index is 11.8. The minimum atomic E-state index is -0.567. The number of nitrogens with two attached hydrogens (primary N) is 1. The second-order valence-electron chi connectivity index (χ2n) is 4.13. The average Bonchev–Trinajstić information content (AvgIpc) is 2.45. The number of carbonyl (C=O) groups excluding carboxylic acids is 2. The normalized spacial score (nSPS) is 10.1. The SMILES string of the molecule is Nc1cccc(C(=O)OCC(=O)c2ccc(Br)cc2)c1. The Labute approximate surface area is 124 Å². The van der Waals surface area contributed by atoms with Crippen molar-refractivity contribution in [3.63, 3.8) is 0 Å². The van der Waals surface area contributed by atoms with Gasteiger partial charge in [0.25, 0.3) is 0 Å². The molecule has 0 aliphatic rings. The largest absolute Gasteiger partial charge is 0.454 e. The molecule has 0 fully saturated rings. The van der Waals surface area contributed by atoms with Crippen LogP contribution in [0.25, 0.3) is 0 Å². The van der Waals surface area contributed by atoms with E-state index in [1.807, 2.05) is 0 Å². The number of ketones is 1. The predicted molar refractivity (Wildman–Crippen MR) is 79.6 cm³/mol. The van der Waals surface area contributed by atoms with Gasteiger partial charge in [-0.2, -0.15) is 0 Å². The van der Waals surface area contributed by atoms with Crippen molar-refractivity contribution in [2.45, 2.75) is 0 Å². The Morgan fingerprint density at radius 1 is 1.05 bits per heavy atom. The molecule has 5 heteroatoms. The van der Waals surface area contributed by atoms with E-state index in [-0.39, 0.29) is 12.4 Å². The first-order valence-corrected chi connectivity index (χ1v) is 6.67. The molecule has 2 N–H and O–H groups in total. The maximum Gasteiger partial charge on any atom is 0.338 e. The summed E-state index contributed by atoms with van der Waals surface area (Å²) in [6, 6.07) is 13.3. The van der Waals surface area contributed by atoms with E-state index < -0.39 is 5.97 Å². The zero-order valence-electron chi connectivity index (χ0n) is 10.5. The van der Waals surface area contributed by atoms with Crippen molar-refractivity contribution in [1.29, 1.82) is 0 Å². The van der Waals surface area contributed by atoms with Gasteiger partial charge in [-0.1, -0.05) is 34.1 Å². The van der Waals surface area contributed by atoms with Gasteiger partial charge in [0.1, 0.15) is 0 Å². The Morgan fingerprint density at radius 2 is 1.75 bits per heavy atom. The van der Waals surface area contributed by atoms with Crippen LogP contribution in [0.4, 0.5) is 5.69 Å². The van der Waals surface area contributed by atoms with Gasteiger partial charge >= 0.3 is 5.97 Å². The minimum absolute atomic E-state index is 0.255. The van der Waals surface area contributed by atoms with Gasteiger partial charge in [-0.05, 0) is 30.3 Å². The molecule has 0 amide bonds. The van der Waals surface area contributed by atoms with Gasteiger partial charge in [-0.25, -0.2) is 4.79 Å². The molecular formula is C15H12BrNO3. The third-order valence-corrected chi connectivity index (χ3v) is 3.15. The molecule has 0 saturated carbocycles.